The molecule has 1 saturated heterocycles. The van der Waals surface area contributed by atoms with Crippen molar-refractivity contribution in [3.8, 4) is 11.4 Å². The lowest BCUT2D eigenvalue weighted by atomic mass is 10.2. The average molecular weight is 377 g/mol. The van der Waals surface area contributed by atoms with Gasteiger partial charge in [-0.15, -0.1) is 0 Å². The first-order chi connectivity index (χ1) is 11.8. The Balaban J connectivity index is 2.11. The molecule has 2 aromatic rings. The molecule has 2 heterocycles. The van der Waals surface area contributed by atoms with Crippen LogP contribution in [0.1, 0.15) is 17.0 Å². The Morgan fingerprint density at radius 3 is 2.52 bits per heavy atom. The maximum absolute atomic E-state index is 12.1. The Morgan fingerprint density at radius 1 is 1.20 bits per heavy atom. The van der Waals surface area contributed by atoms with E-state index in [-0.39, 0.29) is 11.1 Å². The molecule has 1 aliphatic heterocycles. The number of methoxy groups -OCH3 is 1. The predicted molar refractivity (Wildman–Crippen MR) is 101 cm³/mol. The highest BCUT2D eigenvalue weighted by molar-refractivity contribution is 8.18. The average Bonchev–Trinajstić information content (AvgIpc) is 2.98. The molecule has 1 aliphatic rings. The highest BCUT2D eigenvalue weighted by Gasteiger charge is 2.32. The highest BCUT2D eigenvalue weighted by Crippen LogP contribution is 2.34. The van der Waals surface area contributed by atoms with Crippen molar-refractivity contribution in [2.45, 2.75) is 13.8 Å². The fourth-order valence-electron chi connectivity index (χ4n) is 2.83. The van der Waals surface area contributed by atoms with E-state index < -0.39 is 0 Å². The predicted octanol–water partition coefficient (Wildman–Crippen LogP) is 4.42. The molecule has 0 saturated carbocycles. The van der Waals surface area contributed by atoms with Gasteiger partial charge in [0.1, 0.15) is 5.75 Å². The summed E-state index contributed by atoms with van der Waals surface area (Å²) < 4.78 is 7.47. The number of aromatic nitrogens is 1. The topological polar surface area (TPSA) is 51.5 Å². The first kappa shape index (κ1) is 17.6. The number of carbonyl (C=O) groups excluding carboxylic acids is 2. The molecular formula is C18H17ClN2O3S. The molecule has 130 valence electrons. The molecule has 0 N–H and O–H groups in total. The van der Waals surface area contributed by atoms with Crippen molar-refractivity contribution in [1.82, 2.24) is 9.47 Å². The Kier molecular flexibility index (Phi) is 4.67. The van der Waals surface area contributed by atoms with Crippen LogP contribution in [0.25, 0.3) is 11.8 Å². The second-order valence-electron chi connectivity index (χ2n) is 5.72. The molecule has 25 heavy (non-hydrogen) atoms. The summed E-state index contributed by atoms with van der Waals surface area (Å²) in [6.07, 6.45) is 1.75. The molecule has 7 heteroatoms. The quantitative estimate of drug-likeness (QED) is 0.744. The van der Waals surface area contributed by atoms with Gasteiger partial charge in [-0.25, -0.2) is 0 Å². The van der Waals surface area contributed by atoms with Crippen LogP contribution in [0.3, 0.4) is 0 Å². The number of carbonyl (C=O) groups is 2. The van der Waals surface area contributed by atoms with Gasteiger partial charge in [0, 0.05) is 23.5 Å². The van der Waals surface area contributed by atoms with Crippen LogP contribution in [0.2, 0.25) is 5.02 Å². The van der Waals surface area contributed by atoms with Crippen molar-refractivity contribution in [3.63, 3.8) is 0 Å². The van der Waals surface area contributed by atoms with Crippen LogP contribution in [0.15, 0.2) is 29.2 Å². The summed E-state index contributed by atoms with van der Waals surface area (Å²) in [6, 6.07) is 7.40. The summed E-state index contributed by atoms with van der Waals surface area (Å²) >= 11 is 7.10. The lowest BCUT2D eigenvalue weighted by Gasteiger charge is -2.14. The summed E-state index contributed by atoms with van der Waals surface area (Å²) in [5.41, 5.74) is 3.60. The van der Waals surface area contributed by atoms with Crippen LogP contribution >= 0.6 is 23.4 Å². The number of likely N-dealkylation sites (N-methyl/N-ethyl adjacent to an activating group) is 1. The van der Waals surface area contributed by atoms with Gasteiger partial charge in [0.05, 0.1) is 17.7 Å². The van der Waals surface area contributed by atoms with Gasteiger partial charge >= 0.3 is 0 Å². The molecule has 1 aromatic carbocycles. The third-order valence-corrected chi connectivity index (χ3v) is 5.32. The zero-order valence-corrected chi connectivity index (χ0v) is 15.9. The van der Waals surface area contributed by atoms with Crippen molar-refractivity contribution in [1.29, 1.82) is 0 Å². The van der Waals surface area contributed by atoms with E-state index >= 15 is 0 Å². The molecular weight excluding hydrogens is 360 g/mol. The number of thioether (sulfide) groups is 1. The second kappa shape index (κ2) is 6.61. The Labute approximate surface area is 155 Å². The van der Waals surface area contributed by atoms with Crippen LogP contribution in [-0.4, -0.2) is 34.8 Å². The van der Waals surface area contributed by atoms with E-state index in [4.69, 9.17) is 16.3 Å². The van der Waals surface area contributed by atoms with Crippen molar-refractivity contribution >= 4 is 40.6 Å². The van der Waals surface area contributed by atoms with Gasteiger partial charge in [-0.3, -0.25) is 14.5 Å². The minimum Gasteiger partial charge on any atom is -0.495 e. The lowest BCUT2D eigenvalue weighted by molar-refractivity contribution is -0.121. The number of ether oxygens (including phenoxy) is 1. The number of hydrogen-bond acceptors (Lipinski definition) is 4. The number of rotatable bonds is 3. The normalized spacial score (nSPS) is 16.2. The minimum atomic E-state index is -0.278. The fraction of sp³-hybridized carbons (Fsp3) is 0.222. The molecule has 0 atom stereocenters. The maximum atomic E-state index is 12.1. The summed E-state index contributed by atoms with van der Waals surface area (Å²) in [4.78, 5) is 25.3. The molecule has 1 aromatic heterocycles. The van der Waals surface area contributed by atoms with Crippen LogP contribution in [0.5, 0.6) is 5.75 Å². The van der Waals surface area contributed by atoms with Crippen LogP contribution in [-0.2, 0) is 4.79 Å². The molecule has 0 bridgehead atoms. The van der Waals surface area contributed by atoms with Crippen molar-refractivity contribution in [2.75, 3.05) is 14.2 Å². The number of benzene rings is 1. The van der Waals surface area contributed by atoms with E-state index in [1.54, 1.807) is 19.3 Å². The largest absolute Gasteiger partial charge is 0.495 e. The standard InChI is InChI=1S/C18H17ClN2O3S/c1-10-7-12(8-16-17(22)20(3)18(23)25-16)11(2)21(10)14-9-13(19)5-6-15(14)24-4/h5-9H,1-4H3/b16-8-. The highest BCUT2D eigenvalue weighted by atomic mass is 35.5. The van der Waals surface area contributed by atoms with Crippen LogP contribution in [0, 0.1) is 13.8 Å². The Hall–Kier alpha value is -2.18. The van der Waals surface area contributed by atoms with E-state index in [9.17, 15) is 9.59 Å². The Morgan fingerprint density at radius 2 is 1.92 bits per heavy atom. The molecule has 3 rings (SSSR count). The van der Waals surface area contributed by atoms with Gasteiger partial charge in [0.25, 0.3) is 11.1 Å². The third-order valence-electron chi connectivity index (χ3n) is 4.13. The number of halogens is 1. The number of aryl methyl sites for hydroxylation is 1. The van der Waals surface area contributed by atoms with Gasteiger partial charge in [0.15, 0.2) is 0 Å². The number of imide groups is 1. The van der Waals surface area contributed by atoms with Crippen LogP contribution in [0.4, 0.5) is 4.79 Å². The van der Waals surface area contributed by atoms with Gasteiger partial charge in [0.2, 0.25) is 0 Å². The second-order valence-corrected chi connectivity index (χ2v) is 7.15. The Bertz CT molecular complexity index is 917. The fourth-order valence-corrected chi connectivity index (χ4v) is 3.81. The lowest BCUT2D eigenvalue weighted by Crippen LogP contribution is -2.22. The van der Waals surface area contributed by atoms with E-state index in [0.29, 0.717) is 15.7 Å². The maximum Gasteiger partial charge on any atom is 0.293 e. The summed E-state index contributed by atoms with van der Waals surface area (Å²) in [5, 5.41) is 0.346. The first-order valence-corrected chi connectivity index (χ1v) is 8.77. The number of amides is 2. The zero-order valence-electron chi connectivity index (χ0n) is 14.3. The van der Waals surface area contributed by atoms with Gasteiger partial charge in [-0.05, 0) is 61.5 Å². The van der Waals surface area contributed by atoms with Crippen molar-refractivity contribution < 1.29 is 14.3 Å². The minimum absolute atomic E-state index is 0.262. The third kappa shape index (κ3) is 3.07. The first-order valence-electron chi connectivity index (χ1n) is 7.58. The van der Waals surface area contributed by atoms with Crippen LogP contribution < -0.4 is 4.74 Å². The van der Waals surface area contributed by atoms with E-state index in [1.165, 1.54) is 7.05 Å². The van der Waals surface area contributed by atoms with E-state index in [2.05, 4.69) is 0 Å². The van der Waals surface area contributed by atoms with Gasteiger partial charge < -0.3 is 9.30 Å². The molecule has 5 nitrogen and oxygen atoms in total. The zero-order chi connectivity index (χ0) is 18.3. The van der Waals surface area contributed by atoms with Crippen molar-refractivity contribution in [2.24, 2.45) is 0 Å². The molecule has 0 aliphatic carbocycles. The SMILES string of the molecule is COc1ccc(Cl)cc1-n1c(C)cc(/C=C2\SC(=O)N(C)C2=O)c1C. The molecule has 0 unspecified atom stereocenters. The number of hydrogen-bond donors (Lipinski definition) is 0. The summed E-state index contributed by atoms with van der Waals surface area (Å²) in [6.45, 7) is 3.92. The van der Waals surface area contributed by atoms with Crippen molar-refractivity contribution in [3.05, 3.63) is 51.1 Å². The molecule has 1 fully saturated rings. The monoisotopic (exact) mass is 376 g/mol. The van der Waals surface area contributed by atoms with Gasteiger partial charge in [-0.2, -0.15) is 0 Å². The summed E-state index contributed by atoms with van der Waals surface area (Å²) in [5.74, 6) is 0.423. The summed E-state index contributed by atoms with van der Waals surface area (Å²) in [7, 11) is 3.09. The van der Waals surface area contributed by atoms with Gasteiger partial charge in [-0.1, -0.05) is 11.6 Å². The van der Waals surface area contributed by atoms with E-state index in [0.717, 1.165) is 39.3 Å². The smallest absolute Gasteiger partial charge is 0.293 e. The molecule has 0 spiro atoms. The molecule has 0 radical (unpaired) electrons. The number of nitrogens with zero attached hydrogens (tertiary/aromatic N) is 2. The van der Waals surface area contributed by atoms with E-state index in [1.807, 2.05) is 36.6 Å². The molecule has 2 amide bonds.